The van der Waals surface area contributed by atoms with Gasteiger partial charge in [0.1, 0.15) is 18.1 Å². The molecule has 0 unspecified atom stereocenters. The van der Waals surface area contributed by atoms with Gasteiger partial charge in [0.2, 0.25) is 17.7 Å². The molecule has 0 aliphatic heterocycles. The third-order valence-electron chi connectivity index (χ3n) is 2.76. The number of aliphatic hydroxyl groups excluding tert-OH is 1. The van der Waals surface area contributed by atoms with Gasteiger partial charge < -0.3 is 27.2 Å². The lowest BCUT2D eigenvalue weighted by molar-refractivity contribution is -0.134. The van der Waals surface area contributed by atoms with Gasteiger partial charge in [-0.3, -0.25) is 24.6 Å². The van der Waals surface area contributed by atoms with E-state index >= 15 is 0 Å². The standard InChI is InChI=1S/C11H22N6O5/c1-4(9(20)17-14)15-10(21)6(3-7(12)19)16-11(22)8(13)5(2)18/h4-6,8,18H,3,13-14H2,1-2H3,(H2,12,19)(H,15,21)(H,16,22)(H,17,20)/t4-,5+,6-,8-/m0/s1. The summed E-state index contributed by atoms with van der Waals surface area (Å²) in [7, 11) is 0. The van der Waals surface area contributed by atoms with E-state index in [1.807, 2.05) is 5.43 Å². The van der Waals surface area contributed by atoms with Gasteiger partial charge in [0.25, 0.3) is 5.91 Å². The van der Waals surface area contributed by atoms with E-state index in [9.17, 15) is 24.3 Å². The monoisotopic (exact) mass is 318 g/mol. The number of carbonyl (C=O) groups excluding carboxylic acids is 4. The van der Waals surface area contributed by atoms with E-state index in [0.717, 1.165) is 0 Å². The first-order valence-electron chi connectivity index (χ1n) is 6.43. The van der Waals surface area contributed by atoms with Gasteiger partial charge in [-0.1, -0.05) is 0 Å². The van der Waals surface area contributed by atoms with Crippen molar-refractivity contribution in [2.45, 2.75) is 44.5 Å². The Bertz CT molecular complexity index is 441. The van der Waals surface area contributed by atoms with Crippen LogP contribution in [0.15, 0.2) is 0 Å². The van der Waals surface area contributed by atoms with Gasteiger partial charge >= 0.3 is 0 Å². The third kappa shape index (κ3) is 6.47. The second-order valence-corrected chi connectivity index (χ2v) is 4.74. The van der Waals surface area contributed by atoms with E-state index in [1.165, 1.54) is 13.8 Å². The molecule has 0 aliphatic carbocycles. The molecule has 0 aromatic heterocycles. The lowest BCUT2D eigenvalue weighted by Crippen LogP contribution is -2.57. The first kappa shape index (κ1) is 19.8. The number of carbonyl (C=O) groups is 4. The van der Waals surface area contributed by atoms with Crippen LogP contribution in [0, 0.1) is 0 Å². The molecule has 0 heterocycles. The molecule has 0 rings (SSSR count). The number of hydrogen-bond acceptors (Lipinski definition) is 7. The van der Waals surface area contributed by atoms with Gasteiger partial charge in [0.05, 0.1) is 12.5 Å². The highest BCUT2D eigenvalue weighted by molar-refractivity contribution is 5.95. The summed E-state index contributed by atoms with van der Waals surface area (Å²) in [5.41, 5.74) is 12.3. The Kier molecular flexibility index (Phi) is 8.01. The highest BCUT2D eigenvalue weighted by Gasteiger charge is 2.28. The number of primary amides is 1. The van der Waals surface area contributed by atoms with Gasteiger partial charge in [-0.2, -0.15) is 0 Å². The van der Waals surface area contributed by atoms with Crippen molar-refractivity contribution in [2.75, 3.05) is 0 Å². The Labute approximate surface area is 126 Å². The van der Waals surface area contributed by atoms with Gasteiger partial charge in [-0.25, -0.2) is 5.84 Å². The van der Waals surface area contributed by atoms with Crippen LogP contribution in [-0.4, -0.2) is 53.0 Å². The average Bonchev–Trinajstić information content (AvgIpc) is 2.43. The van der Waals surface area contributed by atoms with Gasteiger partial charge in [-0.15, -0.1) is 0 Å². The highest BCUT2D eigenvalue weighted by atomic mass is 16.3. The van der Waals surface area contributed by atoms with Gasteiger partial charge in [-0.05, 0) is 13.8 Å². The maximum absolute atomic E-state index is 12.0. The van der Waals surface area contributed by atoms with Crippen molar-refractivity contribution in [3.63, 3.8) is 0 Å². The third-order valence-corrected chi connectivity index (χ3v) is 2.76. The Morgan fingerprint density at radius 1 is 1.05 bits per heavy atom. The largest absolute Gasteiger partial charge is 0.391 e. The number of hydrazine groups is 1. The van der Waals surface area contributed by atoms with Crippen LogP contribution < -0.4 is 33.4 Å². The normalized spacial score (nSPS) is 15.9. The van der Waals surface area contributed by atoms with Crippen molar-refractivity contribution in [1.82, 2.24) is 16.1 Å². The number of rotatable bonds is 8. The quantitative estimate of drug-likeness (QED) is 0.133. The molecular weight excluding hydrogens is 296 g/mol. The molecular formula is C11H22N6O5. The lowest BCUT2D eigenvalue weighted by atomic mass is 10.1. The Balaban J connectivity index is 4.90. The van der Waals surface area contributed by atoms with Crippen molar-refractivity contribution in [2.24, 2.45) is 17.3 Å². The molecule has 0 aliphatic rings. The number of nitrogens with two attached hydrogens (primary N) is 3. The molecule has 0 aromatic rings. The minimum Gasteiger partial charge on any atom is -0.391 e. The summed E-state index contributed by atoms with van der Waals surface area (Å²) in [6.45, 7) is 2.64. The Morgan fingerprint density at radius 3 is 2.00 bits per heavy atom. The molecule has 0 spiro atoms. The summed E-state index contributed by atoms with van der Waals surface area (Å²) in [5, 5.41) is 13.7. The highest BCUT2D eigenvalue weighted by Crippen LogP contribution is 1.97. The fourth-order valence-electron chi connectivity index (χ4n) is 1.40. The second kappa shape index (κ2) is 8.92. The van der Waals surface area contributed by atoms with Crippen molar-refractivity contribution in [3.05, 3.63) is 0 Å². The van der Waals surface area contributed by atoms with Crippen LogP contribution in [0.5, 0.6) is 0 Å². The summed E-state index contributed by atoms with van der Waals surface area (Å²) in [5.74, 6) is 1.75. The predicted molar refractivity (Wildman–Crippen MR) is 75.3 cm³/mol. The Morgan fingerprint density at radius 2 is 1.59 bits per heavy atom. The van der Waals surface area contributed by atoms with Gasteiger partial charge in [0.15, 0.2) is 0 Å². The zero-order valence-electron chi connectivity index (χ0n) is 12.3. The molecule has 4 amide bonds. The summed E-state index contributed by atoms with van der Waals surface area (Å²) in [6.07, 6.45) is -1.65. The summed E-state index contributed by atoms with van der Waals surface area (Å²) in [6, 6.07) is -3.61. The second-order valence-electron chi connectivity index (χ2n) is 4.74. The minimum absolute atomic E-state index is 0.499. The molecule has 10 N–H and O–H groups in total. The van der Waals surface area contributed by atoms with Crippen molar-refractivity contribution < 1.29 is 24.3 Å². The molecule has 0 saturated heterocycles. The van der Waals surface area contributed by atoms with Crippen molar-refractivity contribution >= 4 is 23.6 Å². The number of aliphatic hydroxyl groups is 1. The van der Waals surface area contributed by atoms with Gasteiger partial charge in [0, 0.05) is 0 Å². The van der Waals surface area contributed by atoms with Crippen LogP contribution in [0.4, 0.5) is 0 Å². The van der Waals surface area contributed by atoms with Crippen LogP contribution in [0.3, 0.4) is 0 Å². The van der Waals surface area contributed by atoms with Crippen molar-refractivity contribution in [3.8, 4) is 0 Å². The number of nitrogens with one attached hydrogen (secondary N) is 3. The molecule has 0 fully saturated rings. The van der Waals surface area contributed by atoms with E-state index < -0.39 is 54.3 Å². The molecule has 11 heteroatoms. The summed E-state index contributed by atoms with van der Waals surface area (Å²) >= 11 is 0. The summed E-state index contributed by atoms with van der Waals surface area (Å²) < 4.78 is 0. The van der Waals surface area contributed by atoms with Crippen LogP contribution in [0.2, 0.25) is 0 Å². The van der Waals surface area contributed by atoms with E-state index in [2.05, 4.69) is 10.6 Å². The zero-order valence-corrected chi connectivity index (χ0v) is 12.3. The molecule has 0 radical (unpaired) electrons. The molecule has 4 atom stereocenters. The van der Waals surface area contributed by atoms with E-state index in [1.54, 1.807) is 0 Å². The van der Waals surface area contributed by atoms with Crippen LogP contribution in [0.25, 0.3) is 0 Å². The lowest BCUT2D eigenvalue weighted by Gasteiger charge is -2.22. The fraction of sp³-hybridized carbons (Fsp3) is 0.636. The molecule has 0 aromatic carbocycles. The smallest absolute Gasteiger partial charge is 0.256 e. The van der Waals surface area contributed by atoms with Crippen molar-refractivity contribution in [1.29, 1.82) is 0 Å². The minimum atomic E-state index is -1.33. The van der Waals surface area contributed by atoms with Crippen LogP contribution >= 0.6 is 0 Å². The zero-order chi connectivity index (χ0) is 17.4. The first-order chi connectivity index (χ1) is 10.1. The SMILES string of the molecule is C[C@H](NC(=O)[C@H](CC(N)=O)NC(=O)[C@@H](N)[C@@H](C)O)C(=O)NN. The molecule has 0 bridgehead atoms. The van der Waals surface area contributed by atoms with Crippen LogP contribution in [-0.2, 0) is 19.2 Å². The van der Waals surface area contributed by atoms with E-state index in [4.69, 9.17) is 17.3 Å². The first-order valence-corrected chi connectivity index (χ1v) is 6.43. The summed E-state index contributed by atoms with van der Waals surface area (Å²) in [4.78, 5) is 45.9. The average molecular weight is 318 g/mol. The predicted octanol–water partition coefficient (Wildman–Crippen LogP) is -4.45. The molecule has 11 nitrogen and oxygen atoms in total. The number of hydrogen-bond donors (Lipinski definition) is 7. The number of amides is 4. The molecule has 0 saturated carbocycles. The van der Waals surface area contributed by atoms with Crippen LogP contribution in [0.1, 0.15) is 20.3 Å². The van der Waals surface area contributed by atoms with E-state index in [0.29, 0.717) is 0 Å². The maximum Gasteiger partial charge on any atom is 0.256 e. The maximum atomic E-state index is 12.0. The molecule has 22 heavy (non-hydrogen) atoms. The fourth-order valence-corrected chi connectivity index (χ4v) is 1.40. The van der Waals surface area contributed by atoms with E-state index in [-0.39, 0.29) is 0 Å². The topological polar surface area (TPSA) is 203 Å². The Hall–Kier alpha value is -2.24. The molecule has 126 valence electrons.